The Morgan fingerprint density at radius 3 is 2.34 bits per heavy atom. The molecular weight excluding hydrogens is 362 g/mol. The van der Waals surface area contributed by atoms with Crippen LogP contribution in [-0.4, -0.2) is 35.7 Å². The lowest BCUT2D eigenvalue weighted by atomic mass is 10.1. The van der Waals surface area contributed by atoms with Crippen molar-refractivity contribution in [3.05, 3.63) is 78.0 Å². The summed E-state index contributed by atoms with van der Waals surface area (Å²) in [6, 6.07) is 21.8. The van der Waals surface area contributed by atoms with Crippen LogP contribution in [-0.2, 0) is 6.42 Å². The number of benzene rings is 2. The molecule has 0 atom stereocenters. The summed E-state index contributed by atoms with van der Waals surface area (Å²) in [5.41, 5.74) is 3.70. The third kappa shape index (κ3) is 5.10. The number of anilines is 3. The molecule has 0 radical (unpaired) electrons. The van der Waals surface area contributed by atoms with Crippen molar-refractivity contribution in [1.82, 2.24) is 15.5 Å². The number of nitrogens with one attached hydrogen (secondary N) is 2. The van der Waals surface area contributed by atoms with Gasteiger partial charge in [-0.25, -0.2) is 0 Å². The van der Waals surface area contributed by atoms with Crippen molar-refractivity contribution in [2.45, 2.75) is 19.3 Å². The van der Waals surface area contributed by atoms with Gasteiger partial charge in [-0.3, -0.25) is 4.79 Å². The van der Waals surface area contributed by atoms with Crippen LogP contribution >= 0.6 is 0 Å². The van der Waals surface area contributed by atoms with Crippen LogP contribution in [0.3, 0.4) is 0 Å². The van der Waals surface area contributed by atoms with E-state index in [1.54, 1.807) is 12.1 Å². The zero-order valence-corrected chi connectivity index (χ0v) is 16.3. The molecule has 29 heavy (non-hydrogen) atoms. The first kappa shape index (κ1) is 18.9. The van der Waals surface area contributed by atoms with Gasteiger partial charge in [0.05, 0.1) is 0 Å². The third-order valence-electron chi connectivity index (χ3n) is 5.05. The minimum Gasteiger partial charge on any atom is -0.372 e. The fourth-order valence-electron chi connectivity index (χ4n) is 3.45. The molecule has 1 aliphatic heterocycles. The van der Waals surface area contributed by atoms with Gasteiger partial charge < -0.3 is 15.5 Å². The van der Waals surface area contributed by atoms with Gasteiger partial charge in [0.1, 0.15) is 0 Å². The lowest BCUT2D eigenvalue weighted by Crippen LogP contribution is -2.26. The van der Waals surface area contributed by atoms with Gasteiger partial charge in [-0.05, 0) is 61.2 Å². The molecule has 1 aliphatic rings. The predicted molar refractivity (Wildman–Crippen MR) is 116 cm³/mol. The Morgan fingerprint density at radius 1 is 0.897 bits per heavy atom. The molecule has 0 saturated carbocycles. The first-order valence-corrected chi connectivity index (χ1v) is 10.1. The molecule has 1 aromatic heterocycles. The summed E-state index contributed by atoms with van der Waals surface area (Å²) in [5, 5.41) is 14.3. The van der Waals surface area contributed by atoms with E-state index in [2.05, 4.69) is 37.9 Å². The van der Waals surface area contributed by atoms with Crippen molar-refractivity contribution in [1.29, 1.82) is 0 Å². The molecule has 0 aliphatic carbocycles. The zero-order valence-electron chi connectivity index (χ0n) is 16.3. The fourth-order valence-corrected chi connectivity index (χ4v) is 3.45. The summed E-state index contributed by atoms with van der Waals surface area (Å²) in [6.45, 7) is 2.83. The topological polar surface area (TPSA) is 70.2 Å². The van der Waals surface area contributed by atoms with E-state index >= 15 is 0 Å². The predicted octanol–water partition coefficient (Wildman–Crippen LogP) is 3.79. The Labute approximate surface area is 171 Å². The standard InChI is InChI=1S/C23H25N5O/c29-23(24-15-14-18-6-2-1-3-7-18)21-12-13-22(27-26-21)25-19-8-10-20(11-9-19)28-16-4-5-17-28/h1-3,6-13H,4-5,14-17H2,(H,24,29)(H,25,27). The Morgan fingerprint density at radius 2 is 1.66 bits per heavy atom. The lowest BCUT2D eigenvalue weighted by molar-refractivity contribution is 0.0948. The molecule has 0 spiro atoms. The summed E-state index contributed by atoms with van der Waals surface area (Å²) >= 11 is 0. The van der Waals surface area contributed by atoms with Gasteiger partial charge in [0.25, 0.3) is 5.91 Å². The highest BCUT2D eigenvalue weighted by Gasteiger charge is 2.12. The molecule has 6 nitrogen and oxygen atoms in total. The van der Waals surface area contributed by atoms with Crippen LogP contribution < -0.4 is 15.5 Å². The number of carbonyl (C=O) groups excluding carboxylic acids is 1. The highest BCUT2D eigenvalue weighted by molar-refractivity contribution is 5.92. The monoisotopic (exact) mass is 387 g/mol. The largest absolute Gasteiger partial charge is 0.372 e. The molecule has 2 aromatic carbocycles. The summed E-state index contributed by atoms with van der Waals surface area (Å²) < 4.78 is 0. The second kappa shape index (κ2) is 9.19. The molecule has 0 unspecified atom stereocenters. The smallest absolute Gasteiger partial charge is 0.271 e. The summed E-state index contributed by atoms with van der Waals surface area (Å²) in [7, 11) is 0. The Bertz CT molecular complexity index is 920. The van der Waals surface area contributed by atoms with Crippen molar-refractivity contribution >= 4 is 23.1 Å². The molecule has 2 heterocycles. The van der Waals surface area contributed by atoms with E-state index < -0.39 is 0 Å². The Hall–Kier alpha value is -3.41. The van der Waals surface area contributed by atoms with E-state index in [-0.39, 0.29) is 5.91 Å². The zero-order chi connectivity index (χ0) is 19.9. The highest BCUT2D eigenvalue weighted by atomic mass is 16.1. The van der Waals surface area contributed by atoms with Crippen molar-refractivity contribution in [2.75, 3.05) is 29.9 Å². The Kier molecular flexibility index (Phi) is 6.00. The van der Waals surface area contributed by atoms with Gasteiger partial charge in [0.15, 0.2) is 11.5 Å². The SMILES string of the molecule is O=C(NCCc1ccccc1)c1ccc(Nc2ccc(N3CCCC3)cc2)nn1. The van der Waals surface area contributed by atoms with Crippen molar-refractivity contribution < 1.29 is 4.79 Å². The van der Waals surface area contributed by atoms with Crippen LogP contribution in [0.1, 0.15) is 28.9 Å². The number of aromatic nitrogens is 2. The second-order valence-electron chi connectivity index (χ2n) is 7.16. The van der Waals surface area contributed by atoms with E-state index in [1.807, 2.05) is 42.5 Å². The van der Waals surface area contributed by atoms with Gasteiger partial charge in [-0.15, -0.1) is 10.2 Å². The van der Waals surface area contributed by atoms with Crippen molar-refractivity contribution in [2.24, 2.45) is 0 Å². The summed E-state index contributed by atoms with van der Waals surface area (Å²) in [4.78, 5) is 14.6. The average molecular weight is 387 g/mol. The van der Waals surface area contributed by atoms with E-state index in [1.165, 1.54) is 24.1 Å². The normalized spacial score (nSPS) is 13.3. The maximum absolute atomic E-state index is 12.2. The molecule has 1 fully saturated rings. The number of rotatable bonds is 7. The molecule has 0 bridgehead atoms. The van der Waals surface area contributed by atoms with Gasteiger partial charge in [-0.2, -0.15) is 0 Å². The molecule has 1 saturated heterocycles. The minimum atomic E-state index is -0.213. The first-order chi connectivity index (χ1) is 14.3. The van der Waals surface area contributed by atoms with Crippen LogP contribution in [0, 0.1) is 0 Å². The molecular formula is C23H25N5O. The lowest BCUT2D eigenvalue weighted by Gasteiger charge is -2.17. The quantitative estimate of drug-likeness (QED) is 0.645. The van der Waals surface area contributed by atoms with Crippen LogP contribution in [0.25, 0.3) is 0 Å². The molecule has 3 aromatic rings. The highest BCUT2D eigenvalue weighted by Crippen LogP contribution is 2.23. The van der Waals surface area contributed by atoms with Crippen LogP contribution in [0.15, 0.2) is 66.7 Å². The third-order valence-corrected chi connectivity index (χ3v) is 5.05. The maximum atomic E-state index is 12.2. The van der Waals surface area contributed by atoms with E-state index in [9.17, 15) is 4.79 Å². The van der Waals surface area contributed by atoms with Crippen molar-refractivity contribution in [3.63, 3.8) is 0 Å². The minimum absolute atomic E-state index is 0.213. The van der Waals surface area contributed by atoms with Crippen LogP contribution in [0.4, 0.5) is 17.2 Å². The Balaban J connectivity index is 1.28. The molecule has 1 amide bonds. The van der Waals surface area contributed by atoms with Crippen LogP contribution in [0.2, 0.25) is 0 Å². The van der Waals surface area contributed by atoms with Gasteiger partial charge in [0.2, 0.25) is 0 Å². The van der Waals surface area contributed by atoms with Gasteiger partial charge in [-0.1, -0.05) is 30.3 Å². The number of carbonyl (C=O) groups is 1. The fraction of sp³-hybridized carbons (Fsp3) is 0.261. The first-order valence-electron chi connectivity index (χ1n) is 10.1. The van der Waals surface area contributed by atoms with Crippen molar-refractivity contribution in [3.8, 4) is 0 Å². The maximum Gasteiger partial charge on any atom is 0.271 e. The van der Waals surface area contributed by atoms with E-state index in [4.69, 9.17) is 0 Å². The van der Waals surface area contributed by atoms with E-state index in [0.717, 1.165) is 25.2 Å². The average Bonchev–Trinajstić information content (AvgIpc) is 3.30. The molecule has 2 N–H and O–H groups in total. The number of hydrogen-bond donors (Lipinski definition) is 2. The second-order valence-corrected chi connectivity index (χ2v) is 7.16. The number of nitrogens with zero attached hydrogens (tertiary/aromatic N) is 3. The van der Waals surface area contributed by atoms with E-state index in [0.29, 0.717) is 18.1 Å². The van der Waals surface area contributed by atoms with Crippen LogP contribution in [0.5, 0.6) is 0 Å². The van der Waals surface area contributed by atoms with Gasteiger partial charge >= 0.3 is 0 Å². The number of amides is 1. The molecule has 6 heteroatoms. The van der Waals surface area contributed by atoms with Gasteiger partial charge in [0, 0.05) is 31.0 Å². The number of hydrogen-bond acceptors (Lipinski definition) is 5. The molecule has 148 valence electrons. The summed E-state index contributed by atoms with van der Waals surface area (Å²) in [6.07, 6.45) is 3.32. The molecule has 4 rings (SSSR count). The summed E-state index contributed by atoms with van der Waals surface area (Å²) in [5.74, 6) is 0.398.